The van der Waals surface area contributed by atoms with Crippen molar-refractivity contribution in [1.29, 1.82) is 0 Å². The van der Waals surface area contributed by atoms with Crippen LogP contribution in [0.1, 0.15) is 34.9 Å². The summed E-state index contributed by atoms with van der Waals surface area (Å²) in [4.78, 5) is 12.2. The molecule has 1 heterocycles. The molecule has 1 aromatic heterocycles. The van der Waals surface area contributed by atoms with Crippen LogP contribution in [0.3, 0.4) is 0 Å². The molecule has 2 N–H and O–H groups in total. The molecular formula is C15H15BrN2O2. The Balaban J connectivity index is 1.72. The van der Waals surface area contributed by atoms with Gasteiger partial charge in [0.05, 0.1) is 5.69 Å². The number of nitrogen functional groups attached to an aromatic ring is 1. The van der Waals surface area contributed by atoms with Crippen molar-refractivity contribution in [2.75, 3.05) is 5.73 Å². The predicted octanol–water partition coefficient (Wildman–Crippen LogP) is 3.52. The average Bonchev–Trinajstić information content (AvgIpc) is 3.20. The third-order valence-electron chi connectivity index (χ3n) is 3.34. The molecule has 4 nitrogen and oxygen atoms in total. The van der Waals surface area contributed by atoms with Crippen LogP contribution in [0.4, 0.5) is 5.69 Å². The quantitative estimate of drug-likeness (QED) is 0.870. The number of carbonyl (C=O) groups excluding carboxylic acids is 1. The molecule has 1 aliphatic rings. The molecule has 1 saturated carbocycles. The molecule has 104 valence electrons. The van der Waals surface area contributed by atoms with E-state index in [-0.39, 0.29) is 12.6 Å². The van der Waals surface area contributed by atoms with Crippen molar-refractivity contribution in [3.63, 3.8) is 0 Å². The third-order valence-corrected chi connectivity index (χ3v) is 4.11. The average molecular weight is 335 g/mol. The van der Waals surface area contributed by atoms with Crippen molar-refractivity contribution in [3.8, 4) is 0 Å². The number of ether oxygens (including phenoxy) is 1. The summed E-state index contributed by atoms with van der Waals surface area (Å²) in [7, 11) is 0. The lowest BCUT2D eigenvalue weighted by Gasteiger charge is -2.09. The van der Waals surface area contributed by atoms with Gasteiger partial charge in [0.25, 0.3) is 0 Å². The Morgan fingerprint density at radius 1 is 1.40 bits per heavy atom. The number of esters is 1. The van der Waals surface area contributed by atoms with Crippen LogP contribution in [0.5, 0.6) is 0 Å². The molecule has 2 aromatic rings. The number of benzene rings is 1. The fourth-order valence-electron chi connectivity index (χ4n) is 2.15. The van der Waals surface area contributed by atoms with Gasteiger partial charge in [-0.05, 0) is 25.0 Å². The fraction of sp³-hybridized carbons (Fsp3) is 0.267. The van der Waals surface area contributed by atoms with Crippen molar-refractivity contribution in [2.24, 2.45) is 0 Å². The second-order valence-electron chi connectivity index (χ2n) is 4.96. The predicted molar refractivity (Wildman–Crippen MR) is 80.4 cm³/mol. The van der Waals surface area contributed by atoms with E-state index in [9.17, 15) is 4.79 Å². The van der Waals surface area contributed by atoms with Gasteiger partial charge in [0.1, 0.15) is 12.3 Å². The van der Waals surface area contributed by atoms with Gasteiger partial charge in [0.2, 0.25) is 0 Å². The van der Waals surface area contributed by atoms with Crippen molar-refractivity contribution < 1.29 is 9.53 Å². The summed E-state index contributed by atoms with van der Waals surface area (Å²) in [5.74, 6) is -0.329. The van der Waals surface area contributed by atoms with Crippen LogP contribution in [-0.2, 0) is 11.3 Å². The van der Waals surface area contributed by atoms with Crippen molar-refractivity contribution in [2.45, 2.75) is 25.5 Å². The molecule has 3 rings (SSSR count). The van der Waals surface area contributed by atoms with Crippen molar-refractivity contribution in [1.82, 2.24) is 4.57 Å². The van der Waals surface area contributed by atoms with E-state index in [2.05, 4.69) is 15.9 Å². The second kappa shape index (κ2) is 5.32. The van der Waals surface area contributed by atoms with Crippen LogP contribution < -0.4 is 5.73 Å². The summed E-state index contributed by atoms with van der Waals surface area (Å²) < 4.78 is 8.24. The van der Waals surface area contributed by atoms with Crippen LogP contribution >= 0.6 is 15.9 Å². The maximum absolute atomic E-state index is 12.2. The molecule has 0 aliphatic heterocycles. The number of anilines is 1. The molecule has 1 fully saturated rings. The first-order chi connectivity index (χ1) is 9.65. The molecule has 0 amide bonds. The van der Waals surface area contributed by atoms with Crippen molar-refractivity contribution in [3.05, 3.63) is 52.3 Å². The lowest BCUT2D eigenvalue weighted by Crippen LogP contribution is -2.11. The Morgan fingerprint density at radius 3 is 2.85 bits per heavy atom. The van der Waals surface area contributed by atoms with Gasteiger partial charge in [-0.25, -0.2) is 4.79 Å². The van der Waals surface area contributed by atoms with Gasteiger partial charge < -0.3 is 15.0 Å². The van der Waals surface area contributed by atoms with Crippen LogP contribution in [-0.4, -0.2) is 10.5 Å². The van der Waals surface area contributed by atoms with Gasteiger partial charge in [-0.2, -0.15) is 0 Å². The van der Waals surface area contributed by atoms with Crippen LogP contribution in [0, 0.1) is 0 Å². The maximum Gasteiger partial charge on any atom is 0.355 e. The van der Waals surface area contributed by atoms with Gasteiger partial charge in [-0.15, -0.1) is 0 Å². The summed E-state index contributed by atoms with van der Waals surface area (Å²) in [5.41, 5.74) is 7.86. The minimum Gasteiger partial charge on any atom is -0.456 e. The molecule has 0 unspecified atom stereocenters. The molecule has 0 spiro atoms. The maximum atomic E-state index is 12.2. The van der Waals surface area contributed by atoms with Crippen LogP contribution in [0.15, 0.2) is 41.0 Å². The standard InChI is InChI=1S/C15H15BrN2O2/c16-13-4-2-1-3-10(13)9-20-15(19)14-7-11(17)8-18(14)12-5-6-12/h1-4,7-8,12H,5-6,9,17H2. The van der Waals surface area contributed by atoms with E-state index in [0.29, 0.717) is 17.4 Å². The molecular weight excluding hydrogens is 320 g/mol. The van der Waals surface area contributed by atoms with E-state index < -0.39 is 0 Å². The van der Waals surface area contributed by atoms with Gasteiger partial charge in [-0.3, -0.25) is 0 Å². The van der Waals surface area contributed by atoms with E-state index in [1.807, 2.05) is 35.0 Å². The molecule has 1 aromatic carbocycles. The minimum atomic E-state index is -0.329. The van der Waals surface area contributed by atoms with E-state index >= 15 is 0 Å². The topological polar surface area (TPSA) is 57.3 Å². The molecule has 20 heavy (non-hydrogen) atoms. The number of halogens is 1. The van der Waals surface area contributed by atoms with E-state index in [1.165, 1.54) is 0 Å². The number of nitrogens with zero attached hydrogens (tertiary/aromatic N) is 1. The lowest BCUT2D eigenvalue weighted by atomic mass is 10.2. The highest BCUT2D eigenvalue weighted by Gasteiger charge is 2.28. The molecule has 0 radical (unpaired) electrons. The zero-order valence-electron chi connectivity index (χ0n) is 10.9. The monoisotopic (exact) mass is 334 g/mol. The molecule has 0 bridgehead atoms. The van der Waals surface area contributed by atoms with E-state index in [0.717, 1.165) is 22.9 Å². The Bertz CT molecular complexity index is 647. The highest BCUT2D eigenvalue weighted by Crippen LogP contribution is 2.37. The lowest BCUT2D eigenvalue weighted by molar-refractivity contribution is 0.0459. The van der Waals surface area contributed by atoms with Crippen LogP contribution in [0.25, 0.3) is 0 Å². The van der Waals surface area contributed by atoms with Crippen molar-refractivity contribution >= 4 is 27.6 Å². The Hall–Kier alpha value is -1.75. The summed E-state index contributed by atoms with van der Waals surface area (Å²) in [6.07, 6.45) is 4.00. The zero-order chi connectivity index (χ0) is 14.1. The Kier molecular flexibility index (Phi) is 3.53. The molecule has 5 heteroatoms. The number of nitrogens with two attached hydrogens (primary N) is 1. The molecule has 0 atom stereocenters. The zero-order valence-corrected chi connectivity index (χ0v) is 12.5. The Labute approximate surface area is 125 Å². The van der Waals surface area contributed by atoms with Gasteiger partial charge in [0.15, 0.2) is 0 Å². The highest BCUT2D eigenvalue weighted by atomic mass is 79.9. The Morgan fingerprint density at radius 2 is 2.15 bits per heavy atom. The number of hydrogen-bond acceptors (Lipinski definition) is 3. The highest BCUT2D eigenvalue weighted by molar-refractivity contribution is 9.10. The summed E-state index contributed by atoms with van der Waals surface area (Å²) in [6, 6.07) is 9.77. The number of carbonyl (C=O) groups is 1. The van der Waals surface area contributed by atoms with Gasteiger partial charge in [-0.1, -0.05) is 34.1 Å². The van der Waals surface area contributed by atoms with Gasteiger partial charge >= 0.3 is 5.97 Å². The summed E-state index contributed by atoms with van der Waals surface area (Å²) in [5, 5.41) is 0. The SMILES string of the molecule is Nc1cc(C(=O)OCc2ccccc2Br)n(C2CC2)c1. The fourth-order valence-corrected chi connectivity index (χ4v) is 2.55. The van der Waals surface area contributed by atoms with Gasteiger partial charge in [0, 0.05) is 22.3 Å². The first-order valence-corrected chi connectivity index (χ1v) is 7.32. The molecule has 0 saturated heterocycles. The minimum absolute atomic E-state index is 0.246. The number of rotatable bonds is 4. The molecule has 1 aliphatic carbocycles. The smallest absolute Gasteiger partial charge is 0.355 e. The first kappa shape index (κ1) is 13.2. The normalized spacial score (nSPS) is 14.2. The second-order valence-corrected chi connectivity index (χ2v) is 5.82. The summed E-state index contributed by atoms with van der Waals surface area (Å²) >= 11 is 3.44. The van der Waals surface area contributed by atoms with Crippen LogP contribution in [0.2, 0.25) is 0 Å². The summed E-state index contributed by atoms with van der Waals surface area (Å²) in [6.45, 7) is 0.246. The number of aromatic nitrogens is 1. The number of hydrogen-bond donors (Lipinski definition) is 1. The largest absolute Gasteiger partial charge is 0.456 e. The third kappa shape index (κ3) is 2.72. The first-order valence-electron chi connectivity index (χ1n) is 6.53. The van der Waals surface area contributed by atoms with E-state index in [1.54, 1.807) is 6.07 Å². The van der Waals surface area contributed by atoms with E-state index in [4.69, 9.17) is 10.5 Å².